The van der Waals surface area contributed by atoms with Crippen molar-refractivity contribution in [2.75, 3.05) is 6.61 Å². The van der Waals surface area contributed by atoms with Crippen LogP contribution in [0.5, 0.6) is 0 Å². The van der Waals surface area contributed by atoms with Crippen LogP contribution in [-0.4, -0.2) is 17.6 Å². The predicted octanol–water partition coefficient (Wildman–Crippen LogP) is 3.11. The number of nitrogens with zero attached hydrogens (tertiary/aromatic N) is 1. The zero-order valence-corrected chi connectivity index (χ0v) is 10.9. The van der Waals surface area contributed by atoms with Crippen molar-refractivity contribution in [1.29, 1.82) is 0 Å². The van der Waals surface area contributed by atoms with Gasteiger partial charge in [0.05, 0.1) is 12.2 Å². The molecule has 6 heteroatoms. The zero-order chi connectivity index (χ0) is 12.3. The molecule has 88 valence electrons. The summed E-state index contributed by atoms with van der Waals surface area (Å²) in [5.41, 5.74) is 0.277. The van der Waals surface area contributed by atoms with E-state index in [0.717, 1.165) is 0 Å². The maximum Gasteiger partial charge on any atom is 0.356 e. The van der Waals surface area contributed by atoms with Gasteiger partial charge in [-0.2, -0.15) is 0 Å². The van der Waals surface area contributed by atoms with Crippen molar-refractivity contribution >= 4 is 28.6 Å². The van der Waals surface area contributed by atoms with Gasteiger partial charge in [0.1, 0.15) is 9.39 Å². The molecule has 0 saturated heterocycles. The lowest BCUT2D eigenvalue weighted by molar-refractivity contribution is 0.0518. The Morgan fingerprint density at radius 2 is 2.25 bits per heavy atom. The molecule has 0 unspecified atom stereocenters. The molecule has 0 atom stereocenters. The summed E-state index contributed by atoms with van der Waals surface area (Å²) < 4.78 is 30.1. The molecule has 0 aliphatic carbocycles. The van der Waals surface area contributed by atoms with Crippen LogP contribution in [0.2, 0.25) is 0 Å². The number of hydrogen-bond acceptors (Lipinski definition) is 3. The molecule has 0 spiro atoms. The van der Waals surface area contributed by atoms with Gasteiger partial charge in [-0.1, -0.05) is 0 Å². The van der Waals surface area contributed by atoms with E-state index in [1.165, 1.54) is 13.0 Å². The molecule has 0 aliphatic heterocycles. The smallest absolute Gasteiger partial charge is 0.356 e. The fourth-order valence-electron chi connectivity index (χ4n) is 1.22. The molecule has 1 aromatic heterocycles. The number of esters is 1. The van der Waals surface area contributed by atoms with Gasteiger partial charge in [-0.25, -0.2) is 18.6 Å². The average Bonchev–Trinajstić information content (AvgIpc) is 2.16. The molecule has 0 bridgehead atoms. The quantitative estimate of drug-likeness (QED) is 0.482. The van der Waals surface area contributed by atoms with Gasteiger partial charge in [-0.3, -0.25) is 0 Å². The van der Waals surface area contributed by atoms with Crippen LogP contribution >= 0.6 is 22.6 Å². The van der Waals surface area contributed by atoms with Crippen LogP contribution in [0.3, 0.4) is 0 Å². The SMILES string of the molecule is CCOC(=O)c1cc(C)c(C(F)F)c(I)n1. The van der Waals surface area contributed by atoms with Gasteiger partial charge in [0.15, 0.2) is 0 Å². The Balaban J connectivity index is 3.14. The summed E-state index contributed by atoms with van der Waals surface area (Å²) in [5, 5.41) is 0. The van der Waals surface area contributed by atoms with Crippen LogP contribution in [0, 0.1) is 10.6 Å². The highest BCUT2D eigenvalue weighted by molar-refractivity contribution is 14.1. The first-order valence-electron chi connectivity index (χ1n) is 4.59. The third-order valence-electron chi connectivity index (χ3n) is 1.92. The lowest BCUT2D eigenvalue weighted by atomic mass is 10.1. The van der Waals surface area contributed by atoms with E-state index in [-0.39, 0.29) is 21.6 Å². The number of pyridine rings is 1. The maximum absolute atomic E-state index is 12.6. The zero-order valence-electron chi connectivity index (χ0n) is 8.76. The van der Waals surface area contributed by atoms with Gasteiger partial charge < -0.3 is 4.74 Å². The number of carbonyl (C=O) groups excluding carboxylic acids is 1. The van der Waals surface area contributed by atoms with Crippen molar-refractivity contribution in [1.82, 2.24) is 4.98 Å². The van der Waals surface area contributed by atoms with Crippen LogP contribution in [0.15, 0.2) is 6.07 Å². The minimum absolute atomic E-state index is 0.0631. The van der Waals surface area contributed by atoms with E-state index in [4.69, 9.17) is 4.74 Å². The van der Waals surface area contributed by atoms with Gasteiger partial charge in [0.2, 0.25) is 0 Å². The molecule has 1 rings (SSSR count). The maximum atomic E-state index is 12.6. The fraction of sp³-hybridized carbons (Fsp3) is 0.400. The highest BCUT2D eigenvalue weighted by Gasteiger charge is 2.19. The molecule has 0 aliphatic rings. The molecule has 1 aromatic rings. The summed E-state index contributed by atoms with van der Waals surface area (Å²) in [6.07, 6.45) is -2.59. The Morgan fingerprint density at radius 1 is 1.62 bits per heavy atom. The second kappa shape index (κ2) is 5.51. The third kappa shape index (κ3) is 2.87. The normalized spacial score (nSPS) is 10.6. The second-order valence-corrected chi connectivity index (χ2v) is 4.07. The molecule has 0 saturated carbocycles. The third-order valence-corrected chi connectivity index (χ3v) is 2.74. The molecule has 16 heavy (non-hydrogen) atoms. The standard InChI is InChI=1S/C10H10F2INO2/c1-3-16-10(15)6-4-5(2)7(8(11)12)9(13)14-6/h4,8H,3H2,1-2H3. The largest absolute Gasteiger partial charge is 0.461 e. The molecule has 0 N–H and O–H groups in total. The first-order valence-corrected chi connectivity index (χ1v) is 5.67. The van der Waals surface area contributed by atoms with E-state index >= 15 is 0 Å². The van der Waals surface area contributed by atoms with Crippen molar-refractivity contribution in [3.8, 4) is 0 Å². The summed E-state index contributed by atoms with van der Waals surface area (Å²) in [7, 11) is 0. The number of hydrogen-bond donors (Lipinski definition) is 0. The Kier molecular flexibility index (Phi) is 4.57. The summed E-state index contributed by atoms with van der Waals surface area (Å²) in [6.45, 7) is 3.42. The minimum Gasteiger partial charge on any atom is -0.461 e. The summed E-state index contributed by atoms with van der Waals surface area (Å²) in [4.78, 5) is 15.2. The van der Waals surface area contributed by atoms with E-state index in [1.54, 1.807) is 29.5 Å². The first-order chi connectivity index (χ1) is 7.47. The summed E-state index contributed by atoms with van der Waals surface area (Å²) >= 11 is 1.69. The Bertz CT molecular complexity index is 387. The minimum atomic E-state index is -2.59. The first kappa shape index (κ1) is 13.3. The van der Waals surface area contributed by atoms with Crippen molar-refractivity contribution < 1.29 is 18.3 Å². The van der Waals surface area contributed by atoms with Crippen molar-refractivity contribution in [2.45, 2.75) is 20.3 Å². The molecule has 0 fully saturated rings. The van der Waals surface area contributed by atoms with Gasteiger partial charge in [-0.05, 0) is 48.1 Å². The van der Waals surface area contributed by atoms with Gasteiger partial charge in [0, 0.05) is 0 Å². The second-order valence-electron chi connectivity index (χ2n) is 3.05. The summed E-state index contributed by atoms with van der Waals surface area (Å²) in [5.74, 6) is -0.593. The monoisotopic (exact) mass is 341 g/mol. The topological polar surface area (TPSA) is 39.2 Å². The number of halogens is 3. The highest BCUT2D eigenvalue weighted by atomic mass is 127. The lowest BCUT2D eigenvalue weighted by Gasteiger charge is -2.09. The van der Waals surface area contributed by atoms with E-state index in [1.807, 2.05) is 0 Å². The average molecular weight is 341 g/mol. The van der Waals surface area contributed by atoms with Crippen LogP contribution in [0.25, 0.3) is 0 Å². The molecular formula is C10H10F2INO2. The molecule has 1 heterocycles. The molecule has 0 aromatic carbocycles. The number of rotatable bonds is 3. The number of alkyl halides is 2. The number of carbonyl (C=O) groups is 1. The Hall–Kier alpha value is -0.790. The Labute approximate surface area is 105 Å². The molecule has 3 nitrogen and oxygen atoms in total. The van der Waals surface area contributed by atoms with Gasteiger partial charge in [0.25, 0.3) is 6.43 Å². The van der Waals surface area contributed by atoms with E-state index in [0.29, 0.717) is 5.56 Å². The number of ether oxygens (including phenoxy) is 1. The Morgan fingerprint density at radius 3 is 2.69 bits per heavy atom. The lowest BCUT2D eigenvalue weighted by Crippen LogP contribution is -2.10. The van der Waals surface area contributed by atoms with E-state index in [2.05, 4.69) is 4.98 Å². The van der Waals surface area contributed by atoms with Crippen molar-refractivity contribution in [2.24, 2.45) is 0 Å². The summed E-state index contributed by atoms with van der Waals surface area (Å²) in [6, 6.07) is 1.32. The van der Waals surface area contributed by atoms with Crippen molar-refractivity contribution in [3.63, 3.8) is 0 Å². The molecular weight excluding hydrogens is 331 g/mol. The van der Waals surface area contributed by atoms with Gasteiger partial charge >= 0.3 is 5.97 Å². The van der Waals surface area contributed by atoms with Crippen LogP contribution < -0.4 is 0 Å². The highest BCUT2D eigenvalue weighted by Crippen LogP contribution is 2.27. The molecule has 0 radical (unpaired) electrons. The fourth-order valence-corrected chi connectivity index (χ4v) is 2.14. The van der Waals surface area contributed by atoms with Crippen LogP contribution in [-0.2, 0) is 4.74 Å². The predicted molar refractivity (Wildman–Crippen MR) is 62.6 cm³/mol. The number of aryl methyl sites for hydroxylation is 1. The van der Waals surface area contributed by atoms with Gasteiger partial charge in [-0.15, -0.1) is 0 Å². The van der Waals surface area contributed by atoms with Crippen LogP contribution in [0.4, 0.5) is 8.78 Å². The van der Waals surface area contributed by atoms with Crippen molar-refractivity contribution in [3.05, 3.63) is 26.6 Å². The van der Waals surface area contributed by atoms with E-state index < -0.39 is 12.4 Å². The van der Waals surface area contributed by atoms with Crippen LogP contribution in [0.1, 0.15) is 35.0 Å². The number of aromatic nitrogens is 1. The molecule has 0 amide bonds. The van der Waals surface area contributed by atoms with E-state index in [9.17, 15) is 13.6 Å².